The Morgan fingerprint density at radius 1 is 0.931 bits per heavy atom. The summed E-state index contributed by atoms with van der Waals surface area (Å²) in [6.45, 7) is 2.63. The fraction of sp³-hybridized carbons (Fsp3) is 0.261. The first-order chi connectivity index (χ1) is 13.9. The summed E-state index contributed by atoms with van der Waals surface area (Å²) in [6.07, 6.45) is 1.03. The number of hydrogen-bond acceptors (Lipinski definition) is 3. The van der Waals surface area contributed by atoms with E-state index in [0.29, 0.717) is 30.8 Å². The molecule has 5 nitrogen and oxygen atoms in total. The Labute approximate surface area is 171 Å². The highest BCUT2D eigenvalue weighted by Gasteiger charge is 2.32. The van der Waals surface area contributed by atoms with Gasteiger partial charge in [0.15, 0.2) is 0 Å². The molecule has 1 aliphatic rings. The van der Waals surface area contributed by atoms with E-state index in [2.05, 4.69) is 5.32 Å². The van der Waals surface area contributed by atoms with Crippen LogP contribution in [-0.4, -0.2) is 31.7 Å². The van der Waals surface area contributed by atoms with Gasteiger partial charge in [0.05, 0.1) is 4.90 Å². The Hall–Kier alpha value is -2.70. The molecule has 1 N–H and O–H groups in total. The molecule has 3 aromatic rings. The molecule has 0 radical (unpaired) electrons. The molecule has 29 heavy (non-hydrogen) atoms. The van der Waals surface area contributed by atoms with E-state index < -0.39 is 10.0 Å². The smallest absolute Gasteiger partial charge is 0.243 e. The molecule has 1 aliphatic heterocycles. The van der Waals surface area contributed by atoms with E-state index in [0.717, 1.165) is 22.0 Å². The monoisotopic (exact) mass is 408 g/mol. The molecule has 1 saturated heterocycles. The second-order valence-electron chi connectivity index (χ2n) is 7.51. The maximum absolute atomic E-state index is 12.8. The van der Waals surface area contributed by atoms with Gasteiger partial charge in [0.25, 0.3) is 0 Å². The van der Waals surface area contributed by atoms with Crippen LogP contribution in [0.2, 0.25) is 0 Å². The first kappa shape index (κ1) is 19.6. The standard InChI is InChI=1S/C23H24N2O3S/c1-17-9-11-20(12-10-17)29(27,28)25-15-13-19(14-16-25)23(26)24-22-8-4-6-18-5-2-3-7-21(18)22/h2-12,19H,13-16H2,1H3,(H,24,26). The van der Waals surface area contributed by atoms with Gasteiger partial charge in [0.2, 0.25) is 15.9 Å². The zero-order chi connectivity index (χ0) is 20.4. The van der Waals surface area contributed by atoms with Gasteiger partial charge in [0, 0.05) is 30.1 Å². The van der Waals surface area contributed by atoms with Gasteiger partial charge >= 0.3 is 0 Å². The van der Waals surface area contributed by atoms with E-state index in [4.69, 9.17) is 0 Å². The van der Waals surface area contributed by atoms with Crippen LogP contribution in [0.5, 0.6) is 0 Å². The van der Waals surface area contributed by atoms with Crippen molar-refractivity contribution in [2.24, 2.45) is 5.92 Å². The first-order valence-corrected chi connectivity index (χ1v) is 11.2. The number of hydrogen-bond donors (Lipinski definition) is 1. The van der Waals surface area contributed by atoms with Crippen molar-refractivity contribution in [3.63, 3.8) is 0 Å². The number of fused-ring (bicyclic) bond motifs is 1. The Bertz CT molecular complexity index is 1130. The van der Waals surface area contributed by atoms with Gasteiger partial charge in [-0.25, -0.2) is 8.42 Å². The fourth-order valence-electron chi connectivity index (χ4n) is 3.79. The zero-order valence-electron chi connectivity index (χ0n) is 16.3. The largest absolute Gasteiger partial charge is 0.325 e. The van der Waals surface area contributed by atoms with Crippen LogP contribution in [0.25, 0.3) is 10.8 Å². The second kappa shape index (κ2) is 7.97. The molecule has 0 saturated carbocycles. The molecule has 0 unspecified atom stereocenters. The molecule has 0 aromatic heterocycles. The minimum Gasteiger partial charge on any atom is -0.325 e. The topological polar surface area (TPSA) is 66.5 Å². The average molecular weight is 409 g/mol. The van der Waals surface area contributed by atoms with Crippen LogP contribution in [0.4, 0.5) is 5.69 Å². The van der Waals surface area contributed by atoms with Crippen LogP contribution in [0.3, 0.4) is 0 Å². The number of anilines is 1. The molecular weight excluding hydrogens is 384 g/mol. The van der Waals surface area contributed by atoms with E-state index in [1.807, 2.05) is 49.4 Å². The summed E-state index contributed by atoms with van der Waals surface area (Å²) in [4.78, 5) is 13.1. The van der Waals surface area contributed by atoms with Crippen molar-refractivity contribution >= 4 is 32.4 Å². The number of piperidine rings is 1. The maximum atomic E-state index is 12.8. The molecule has 3 aromatic carbocycles. The summed E-state index contributed by atoms with van der Waals surface area (Å²) in [5.41, 5.74) is 1.82. The third kappa shape index (κ3) is 4.04. The first-order valence-electron chi connectivity index (χ1n) is 9.80. The highest BCUT2D eigenvalue weighted by atomic mass is 32.2. The predicted molar refractivity (Wildman–Crippen MR) is 115 cm³/mol. The van der Waals surface area contributed by atoms with Crippen molar-refractivity contribution in [2.75, 3.05) is 18.4 Å². The SMILES string of the molecule is Cc1ccc(S(=O)(=O)N2CCC(C(=O)Nc3cccc4ccccc34)CC2)cc1. The number of amides is 1. The Kier molecular flexibility index (Phi) is 5.39. The van der Waals surface area contributed by atoms with Gasteiger partial charge in [-0.05, 0) is 43.4 Å². The summed E-state index contributed by atoms with van der Waals surface area (Å²) in [5.74, 6) is -0.243. The van der Waals surface area contributed by atoms with Crippen molar-refractivity contribution in [3.8, 4) is 0 Å². The molecule has 6 heteroatoms. The average Bonchev–Trinajstić information content (AvgIpc) is 2.74. The molecule has 1 amide bonds. The lowest BCUT2D eigenvalue weighted by atomic mass is 9.97. The number of benzene rings is 3. The zero-order valence-corrected chi connectivity index (χ0v) is 17.2. The number of sulfonamides is 1. The second-order valence-corrected chi connectivity index (χ2v) is 9.45. The highest BCUT2D eigenvalue weighted by Crippen LogP contribution is 2.27. The van der Waals surface area contributed by atoms with E-state index in [1.54, 1.807) is 24.3 Å². The third-order valence-corrected chi connectivity index (χ3v) is 7.44. The Morgan fingerprint density at radius 3 is 2.31 bits per heavy atom. The van der Waals surface area contributed by atoms with Gasteiger partial charge in [-0.3, -0.25) is 4.79 Å². The van der Waals surface area contributed by atoms with Gasteiger partial charge in [-0.2, -0.15) is 4.31 Å². The Morgan fingerprint density at radius 2 is 1.59 bits per heavy atom. The number of rotatable bonds is 4. The van der Waals surface area contributed by atoms with Crippen molar-refractivity contribution in [1.29, 1.82) is 0 Å². The lowest BCUT2D eigenvalue weighted by Crippen LogP contribution is -2.41. The van der Waals surface area contributed by atoms with Crippen LogP contribution < -0.4 is 5.32 Å². The van der Waals surface area contributed by atoms with Gasteiger partial charge in [-0.15, -0.1) is 0 Å². The van der Waals surface area contributed by atoms with Gasteiger partial charge in [0.1, 0.15) is 0 Å². The minimum absolute atomic E-state index is 0.0475. The van der Waals surface area contributed by atoms with Crippen molar-refractivity contribution in [3.05, 3.63) is 72.3 Å². The van der Waals surface area contributed by atoms with E-state index in [1.165, 1.54) is 4.31 Å². The summed E-state index contributed by atoms with van der Waals surface area (Å²) in [6, 6.07) is 20.7. The lowest BCUT2D eigenvalue weighted by molar-refractivity contribution is -0.120. The summed E-state index contributed by atoms with van der Waals surface area (Å²) >= 11 is 0. The van der Waals surface area contributed by atoms with Crippen LogP contribution in [0, 0.1) is 12.8 Å². The molecule has 1 heterocycles. The molecule has 1 fully saturated rings. The number of carbonyl (C=O) groups excluding carboxylic acids is 1. The molecule has 0 atom stereocenters. The highest BCUT2D eigenvalue weighted by molar-refractivity contribution is 7.89. The molecule has 150 valence electrons. The van der Waals surface area contributed by atoms with Gasteiger partial charge < -0.3 is 5.32 Å². The normalized spacial score (nSPS) is 16.0. The molecule has 0 spiro atoms. The Balaban J connectivity index is 1.43. The summed E-state index contributed by atoms with van der Waals surface area (Å²) in [5, 5.41) is 5.12. The van der Waals surface area contributed by atoms with Crippen molar-refractivity contribution in [1.82, 2.24) is 4.31 Å². The molecule has 4 rings (SSSR count). The maximum Gasteiger partial charge on any atom is 0.243 e. The van der Waals surface area contributed by atoms with Crippen molar-refractivity contribution in [2.45, 2.75) is 24.7 Å². The van der Waals surface area contributed by atoms with Crippen molar-refractivity contribution < 1.29 is 13.2 Å². The fourth-order valence-corrected chi connectivity index (χ4v) is 5.26. The third-order valence-electron chi connectivity index (χ3n) is 5.53. The molecular formula is C23H24N2O3S. The van der Waals surface area contributed by atoms with Gasteiger partial charge in [-0.1, -0.05) is 54.1 Å². The number of carbonyl (C=O) groups is 1. The van der Waals surface area contributed by atoms with Crippen LogP contribution in [0.15, 0.2) is 71.6 Å². The van der Waals surface area contributed by atoms with E-state index in [9.17, 15) is 13.2 Å². The van der Waals surface area contributed by atoms with Crippen LogP contribution in [-0.2, 0) is 14.8 Å². The quantitative estimate of drug-likeness (QED) is 0.704. The molecule has 0 aliphatic carbocycles. The lowest BCUT2D eigenvalue weighted by Gasteiger charge is -2.30. The number of nitrogens with one attached hydrogen (secondary N) is 1. The molecule has 0 bridgehead atoms. The number of nitrogens with zero attached hydrogens (tertiary/aromatic N) is 1. The van der Waals surface area contributed by atoms with E-state index >= 15 is 0 Å². The minimum atomic E-state index is -3.51. The summed E-state index contributed by atoms with van der Waals surface area (Å²) < 4.78 is 27.2. The van der Waals surface area contributed by atoms with E-state index in [-0.39, 0.29) is 11.8 Å². The van der Waals surface area contributed by atoms with Crippen LogP contribution in [0.1, 0.15) is 18.4 Å². The van der Waals surface area contributed by atoms with Crippen LogP contribution >= 0.6 is 0 Å². The summed E-state index contributed by atoms with van der Waals surface area (Å²) in [7, 11) is -3.51. The number of aryl methyl sites for hydroxylation is 1. The predicted octanol–water partition coefficient (Wildman–Crippen LogP) is 4.19.